The molecular formula is C59H60N6O9. The molecule has 5 atom stereocenters. The van der Waals surface area contributed by atoms with Crippen LogP contribution in [-0.2, 0) is 70.5 Å². The van der Waals surface area contributed by atoms with Gasteiger partial charge >= 0.3 is 5.97 Å². The number of carboxylic acids is 1. The third-order valence-electron chi connectivity index (χ3n) is 12.8. The summed E-state index contributed by atoms with van der Waals surface area (Å²) in [7, 11) is 0. The minimum atomic E-state index is -1.41. The summed E-state index contributed by atoms with van der Waals surface area (Å²) in [5, 5.41) is 27.1. The zero-order valence-electron chi connectivity index (χ0n) is 41.1. The molecule has 6 aromatic rings. The van der Waals surface area contributed by atoms with Crippen molar-refractivity contribution in [2.45, 2.75) is 88.9 Å². The smallest absolute Gasteiger partial charge is 0.326 e. The number of Topliss-reactive ketones (excluding diaryl/α,β-unsaturated/α-hetero) is 1. The molecule has 6 amide bonds. The van der Waals surface area contributed by atoms with Crippen LogP contribution in [0.4, 0.5) is 11.4 Å². The molecule has 2 aliphatic heterocycles. The van der Waals surface area contributed by atoms with E-state index in [9.17, 15) is 43.5 Å². The number of anilines is 2. The first-order chi connectivity index (χ1) is 35.7. The quantitative estimate of drug-likeness (QED) is 0.0587. The van der Waals surface area contributed by atoms with Crippen molar-refractivity contribution in [1.29, 1.82) is 0 Å². The van der Waals surface area contributed by atoms with Crippen LogP contribution >= 0.6 is 0 Å². The number of ketones is 1. The molecule has 8 rings (SSSR count). The first kappa shape index (κ1) is 53.1. The fourth-order valence-corrected chi connectivity index (χ4v) is 8.79. The normalized spacial score (nSPS) is 18.3. The van der Waals surface area contributed by atoms with Crippen LogP contribution in [0.2, 0.25) is 0 Å². The SMILES string of the molecule is CC(=O)Nc1ccc(C[C@H](NC(=O)[C@H]2CC(=O)[C@@H](Cc3ccccc3)NC(=O)[C@H](Cc3ccc(-c4ccccc4)cc3)NC(=O)[C@@H](CCc3ccccc3)NC(=O)CCC(=O)Nc3ccc(cc3)C2)C(=O)O)cc1. The Labute approximate surface area is 429 Å². The van der Waals surface area contributed by atoms with Gasteiger partial charge in [0.15, 0.2) is 5.78 Å². The van der Waals surface area contributed by atoms with Gasteiger partial charge in [0.05, 0.1) is 6.04 Å². The van der Waals surface area contributed by atoms with Gasteiger partial charge in [-0.15, -0.1) is 0 Å². The summed E-state index contributed by atoms with van der Waals surface area (Å²) < 4.78 is 0. The Bertz CT molecular complexity index is 2900. The number of carboxylic acid groups (broad SMARTS) is 1. The van der Waals surface area contributed by atoms with E-state index in [0.29, 0.717) is 40.0 Å². The van der Waals surface area contributed by atoms with E-state index in [4.69, 9.17) is 0 Å². The van der Waals surface area contributed by atoms with E-state index in [2.05, 4.69) is 31.9 Å². The zero-order valence-corrected chi connectivity index (χ0v) is 41.1. The highest BCUT2D eigenvalue weighted by Crippen LogP contribution is 2.23. The van der Waals surface area contributed by atoms with Crippen LogP contribution in [0.25, 0.3) is 11.1 Å². The van der Waals surface area contributed by atoms with Crippen LogP contribution in [-0.4, -0.2) is 76.5 Å². The number of carbonyl (C=O) groups is 8. The van der Waals surface area contributed by atoms with Crippen LogP contribution in [0.1, 0.15) is 60.4 Å². The Kier molecular flexibility index (Phi) is 18.7. The second-order valence-electron chi connectivity index (χ2n) is 18.5. The van der Waals surface area contributed by atoms with Crippen molar-refractivity contribution in [3.63, 3.8) is 0 Å². The standard InChI is InChI=1S/C59H60N6O9/c1-38(66)60-47-26-21-43(22-27-47)36-52(59(73)74)65-56(70)46-33-41-19-28-48(29-20-41)61-54(68)31-32-55(69)62-49(30-23-39-11-5-2-6-12-39)57(71)64-51(35-42-17-24-45(25-18-42)44-15-9-4-10-16-44)58(72)63-50(53(67)37-46)34-40-13-7-3-8-14-40/h2-22,24-29,46,49-52H,23,30-37H2,1H3,(H,60,66)(H,61,68)(H,62,69)(H,63,72)(H,64,71)(H,65,70)(H,73,74)/t46-,49-,50-,51+,52+/m1/s1. The van der Waals surface area contributed by atoms with Crippen molar-refractivity contribution < 1.29 is 43.5 Å². The number of nitrogens with one attached hydrogen (secondary N) is 6. The largest absolute Gasteiger partial charge is 0.480 e. The van der Waals surface area contributed by atoms with Crippen LogP contribution in [0.3, 0.4) is 0 Å². The van der Waals surface area contributed by atoms with Crippen molar-refractivity contribution in [2.24, 2.45) is 5.92 Å². The summed E-state index contributed by atoms with van der Waals surface area (Å²) in [5.41, 5.74) is 6.30. The summed E-state index contributed by atoms with van der Waals surface area (Å²) in [4.78, 5) is 110. The summed E-state index contributed by atoms with van der Waals surface area (Å²) in [6.45, 7) is 1.37. The fraction of sp³-hybridized carbons (Fsp3) is 0.254. The van der Waals surface area contributed by atoms with Gasteiger partial charge < -0.3 is 37.0 Å². The van der Waals surface area contributed by atoms with E-state index in [1.807, 2.05) is 91.0 Å². The van der Waals surface area contributed by atoms with Crippen molar-refractivity contribution in [3.8, 4) is 11.1 Å². The lowest BCUT2D eigenvalue weighted by molar-refractivity contribution is -0.142. The molecule has 2 aliphatic rings. The van der Waals surface area contributed by atoms with Crippen molar-refractivity contribution >= 4 is 58.6 Å². The van der Waals surface area contributed by atoms with E-state index < -0.39 is 77.8 Å². The Balaban J connectivity index is 1.22. The highest BCUT2D eigenvalue weighted by Gasteiger charge is 2.34. The topological polar surface area (TPSA) is 229 Å². The molecule has 0 radical (unpaired) electrons. The van der Waals surface area contributed by atoms with E-state index in [-0.39, 0.29) is 50.9 Å². The Morgan fingerprint density at radius 3 is 1.74 bits per heavy atom. The van der Waals surface area contributed by atoms with Gasteiger partial charge in [0.1, 0.15) is 18.1 Å². The minimum Gasteiger partial charge on any atom is -0.480 e. The van der Waals surface area contributed by atoms with Gasteiger partial charge in [0.25, 0.3) is 0 Å². The molecule has 15 nitrogen and oxygen atoms in total. The maximum absolute atomic E-state index is 14.9. The molecule has 0 spiro atoms. The molecular weight excluding hydrogens is 937 g/mol. The molecule has 74 heavy (non-hydrogen) atoms. The van der Waals surface area contributed by atoms with E-state index in [0.717, 1.165) is 16.7 Å². The Morgan fingerprint density at radius 2 is 1.11 bits per heavy atom. The lowest BCUT2D eigenvalue weighted by atomic mass is 9.89. The third kappa shape index (κ3) is 16.2. The maximum Gasteiger partial charge on any atom is 0.326 e. The summed E-state index contributed by atoms with van der Waals surface area (Å²) >= 11 is 0. The van der Waals surface area contributed by atoms with Gasteiger partial charge in [-0.2, -0.15) is 0 Å². The number of amides is 6. The first-order valence-electron chi connectivity index (χ1n) is 24.7. The van der Waals surface area contributed by atoms with Crippen LogP contribution in [0.15, 0.2) is 164 Å². The Hall–Kier alpha value is -8.72. The molecule has 2 heterocycles. The molecule has 0 fully saturated rings. The number of hydrogen-bond donors (Lipinski definition) is 7. The number of carbonyl (C=O) groups excluding carboxylic acids is 7. The van der Waals surface area contributed by atoms with Crippen molar-refractivity contribution in [2.75, 3.05) is 10.6 Å². The summed E-state index contributed by atoms with van der Waals surface area (Å²) in [6, 6.07) is 43.8. The molecule has 0 aromatic heterocycles. The first-order valence-corrected chi connectivity index (χ1v) is 24.7. The number of fused-ring (bicyclic) bond motifs is 18. The monoisotopic (exact) mass is 996 g/mol. The molecule has 15 heteroatoms. The van der Waals surface area contributed by atoms with Crippen LogP contribution < -0.4 is 31.9 Å². The van der Waals surface area contributed by atoms with E-state index >= 15 is 0 Å². The number of rotatable bonds is 14. The summed E-state index contributed by atoms with van der Waals surface area (Å²) in [6.07, 6.45) is -0.446. The molecule has 0 saturated heterocycles. The second-order valence-corrected chi connectivity index (χ2v) is 18.5. The molecule has 0 unspecified atom stereocenters. The van der Waals surface area contributed by atoms with Gasteiger partial charge in [-0.25, -0.2) is 4.79 Å². The van der Waals surface area contributed by atoms with Gasteiger partial charge in [-0.3, -0.25) is 33.6 Å². The van der Waals surface area contributed by atoms with Gasteiger partial charge in [0, 0.05) is 56.3 Å². The lowest BCUT2D eigenvalue weighted by Crippen LogP contribution is -2.57. The predicted octanol–water partition coefficient (Wildman–Crippen LogP) is 6.55. The van der Waals surface area contributed by atoms with Gasteiger partial charge in [-0.1, -0.05) is 140 Å². The highest BCUT2D eigenvalue weighted by atomic mass is 16.4. The molecule has 2 bridgehead atoms. The number of aliphatic carboxylic acids is 1. The number of hydrogen-bond acceptors (Lipinski definition) is 8. The lowest BCUT2D eigenvalue weighted by Gasteiger charge is -2.27. The molecule has 0 saturated carbocycles. The second kappa shape index (κ2) is 26.1. The van der Waals surface area contributed by atoms with E-state index in [1.54, 1.807) is 72.8 Å². The third-order valence-corrected chi connectivity index (χ3v) is 12.8. The summed E-state index contributed by atoms with van der Waals surface area (Å²) in [5.74, 6) is -6.32. The fourth-order valence-electron chi connectivity index (χ4n) is 8.79. The van der Waals surface area contributed by atoms with Crippen molar-refractivity contribution in [3.05, 3.63) is 192 Å². The molecule has 0 aliphatic carbocycles. The maximum atomic E-state index is 14.9. The predicted molar refractivity (Wildman–Crippen MR) is 281 cm³/mol. The zero-order chi connectivity index (χ0) is 52.4. The number of aryl methyl sites for hydroxylation is 1. The average Bonchev–Trinajstić information content (AvgIpc) is 3.40. The Morgan fingerprint density at radius 1 is 0.568 bits per heavy atom. The molecule has 6 aromatic carbocycles. The molecule has 380 valence electrons. The molecule has 7 N–H and O–H groups in total. The average molecular weight is 997 g/mol. The van der Waals surface area contributed by atoms with Crippen molar-refractivity contribution in [1.82, 2.24) is 21.3 Å². The van der Waals surface area contributed by atoms with Gasteiger partial charge in [0.2, 0.25) is 35.4 Å². The van der Waals surface area contributed by atoms with Gasteiger partial charge in [-0.05, 0) is 88.9 Å². The highest BCUT2D eigenvalue weighted by molar-refractivity contribution is 5.98. The van der Waals surface area contributed by atoms with Crippen LogP contribution in [0, 0.1) is 5.92 Å². The minimum absolute atomic E-state index is 0.00812. The van der Waals surface area contributed by atoms with Crippen LogP contribution in [0.5, 0.6) is 0 Å². The number of benzene rings is 6. The van der Waals surface area contributed by atoms with E-state index in [1.165, 1.54) is 6.92 Å².